The summed E-state index contributed by atoms with van der Waals surface area (Å²) in [7, 11) is 4.52. The molecule has 1 fully saturated rings. The largest absolute Gasteiger partial charge is 0.306 e. The Morgan fingerprint density at radius 1 is 1.50 bits per heavy atom. The second kappa shape index (κ2) is 7.67. The van der Waals surface area contributed by atoms with Crippen molar-refractivity contribution in [3.63, 3.8) is 0 Å². The van der Waals surface area contributed by atoms with Crippen molar-refractivity contribution in [3.05, 3.63) is 0 Å². The molecule has 0 aromatic heterocycles. The Kier molecular flexibility index (Phi) is 6.94. The molecule has 2 atom stereocenters. The van der Waals surface area contributed by atoms with Crippen LogP contribution in [0.1, 0.15) is 26.2 Å². The molecular weight excluding hydrogens is 264 g/mol. The fourth-order valence-electron chi connectivity index (χ4n) is 2.76. The molecule has 1 heterocycles. The molecule has 0 bridgehead atoms. The number of likely N-dealkylation sites (tertiary alicyclic amines) is 1. The average Bonchev–Trinajstić information content (AvgIpc) is 2.63. The highest BCUT2D eigenvalue weighted by molar-refractivity contribution is 9.09. The van der Waals surface area contributed by atoms with Crippen LogP contribution in [0.2, 0.25) is 0 Å². The summed E-state index contributed by atoms with van der Waals surface area (Å²) in [6, 6.07) is 0. The minimum atomic E-state index is 0.828. The van der Waals surface area contributed by atoms with Gasteiger partial charge in [0, 0.05) is 25.0 Å². The van der Waals surface area contributed by atoms with Gasteiger partial charge in [-0.2, -0.15) is 0 Å². The zero-order valence-electron chi connectivity index (χ0n) is 11.1. The van der Waals surface area contributed by atoms with Crippen LogP contribution in [0.3, 0.4) is 0 Å². The maximum absolute atomic E-state index is 3.63. The average molecular weight is 291 g/mol. The molecule has 0 aromatic carbocycles. The summed E-state index contributed by atoms with van der Waals surface area (Å²) in [5.74, 6) is 1.72. The molecule has 0 saturated carbocycles. The number of alkyl halides is 1. The Morgan fingerprint density at radius 2 is 2.25 bits per heavy atom. The van der Waals surface area contributed by atoms with E-state index >= 15 is 0 Å². The SMILES string of the molecule is CCCC(CBr)CN(C)CC1CCN(C)C1. The molecule has 0 amide bonds. The highest BCUT2D eigenvalue weighted by Crippen LogP contribution is 2.17. The summed E-state index contributed by atoms with van der Waals surface area (Å²) >= 11 is 3.63. The third-order valence-corrected chi connectivity index (χ3v) is 4.46. The molecule has 2 nitrogen and oxygen atoms in total. The Morgan fingerprint density at radius 3 is 2.75 bits per heavy atom. The zero-order chi connectivity index (χ0) is 12.0. The van der Waals surface area contributed by atoms with E-state index in [1.807, 2.05) is 0 Å². The van der Waals surface area contributed by atoms with Crippen molar-refractivity contribution in [2.24, 2.45) is 11.8 Å². The maximum Gasteiger partial charge on any atom is 0.00718 e. The molecule has 1 saturated heterocycles. The lowest BCUT2D eigenvalue weighted by Crippen LogP contribution is -2.32. The maximum atomic E-state index is 3.63. The van der Waals surface area contributed by atoms with E-state index in [2.05, 4.69) is 46.7 Å². The number of hydrogen-bond acceptors (Lipinski definition) is 2. The minimum absolute atomic E-state index is 0.828. The van der Waals surface area contributed by atoms with Crippen LogP contribution in [-0.4, -0.2) is 55.4 Å². The molecule has 16 heavy (non-hydrogen) atoms. The van der Waals surface area contributed by atoms with Crippen LogP contribution < -0.4 is 0 Å². The normalized spacial score (nSPS) is 24.2. The molecule has 0 aliphatic carbocycles. The van der Waals surface area contributed by atoms with E-state index in [-0.39, 0.29) is 0 Å². The van der Waals surface area contributed by atoms with Gasteiger partial charge in [0.15, 0.2) is 0 Å². The van der Waals surface area contributed by atoms with Gasteiger partial charge in [-0.3, -0.25) is 0 Å². The molecule has 96 valence electrons. The van der Waals surface area contributed by atoms with Crippen molar-refractivity contribution in [1.29, 1.82) is 0 Å². The van der Waals surface area contributed by atoms with Crippen molar-refractivity contribution >= 4 is 15.9 Å². The first-order valence-electron chi connectivity index (χ1n) is 6.58. The topological polar surface area (TPSA) is 6.48 Å². The molecule has 1 aliphatic rings. The summed E-state index contributed by atoms with van der Waals surface area (Å²) in [4.78, 5) is 4.98. The van der Waals surface area contributed by atoms with E-state index < -0.39 is 0 Å². The van der Waals surface area contributed by atoms with Crippen molar-refractivity contribution in [2.45, 2.75) is 26.2 Å². The van der Waals surface area contributed by atoms with Gasteiger partial charge in [0.1, 0.15) is 0 Å². The molecule has 1 aliphatic heterocycles. The van der Waals surface area contributed by atoms with Gasteiger partial charge < -0.3 is 9.80 Å². The Labute approximate surface area is 109 Å². The Hall–Kier alpha value is 0.400. The zero-order valence-corrected chi connectivity index (χ0v) is 12.7. The van der Waals surface area contributed by atoms with Gasteiger partial charge in [0.2, 0.25) is 0 Å². The van der Waals surface area contributed by atoms with Crippen LogP contribution in [-0.2, 0) is 0 Å². The second-order valence-electron chi connectivity index (χ2n) is 5.45. The number of nitrogens with zero attached hydrogens (tertiary/aromatic N) is 2. The van der Waals surface area contributed by atoms with Crippen LogP contribution in [0.5, 0.6) is 0 Å². The molecule has 0 N–H and O–H groups in total. The first-order valence-corrected chi connectivity index (χ1v) is 7.70. The van der Waals surface area contributed by atoms with Crippen molar-refractivity contribution in [3.8, 4) is 0 Å². The fraction of sp³-hybridized carbons (Fsp3) is 1.00. The number of hydrogen-bond donors (Lipinski definition) is 0. The van der Waals surface area contributed by atoms with Crippen molar-refractivity contribution in [1.82, 2.24) is 9.80 Å². The summed E-state index contributed by atoms with van der Waals surface area (Å²) < 4.78 is 0. The lowest BCUT2D eigenvalue weighted by molar-refractivity contribution is 0.240. The number of halogens is 1. The lowest BCUT2D eigenvalue weighted by Gasteiger charge is -2.25. The van der Waals surface area contributed by atoms with Crippen LogP contribution in [0, 0.1) is 11.8 Å². The minimum Gasteiger partial charge on any atom is -0.306 e. The van der Waals surface area contributed by atoms with Gasteiger partial charge in [0.25, 0.3) is 0 Å². The van der Waals surface area contributed by atoms with Gasteiger partial charge in [-0.15, -0.1) is 0 Å². The molecule has 0 radical (unpaired) electrons. The monoisotopic (exact) mass is 290 g/mol. The van der Waals surface area contributed by atoms with Gasteiger partial charge in [-0.25, -0.2) is 0 Å². The Balaban J connectivity index is 2.21. The summed E-state index contributed by atoms with van der Waals surface area (Å²) in [6.45, 7) is 7.38. The highest BCUT2D eigenvalue weighted by atomic mass is 79.9. The van der Waals surface area contributed by atoms with Gasteiger partial charge in [0.05, 0.1) is 0 Å². The molecule has 0 aromatic rings. The molecule has 1 rings (SSSR count). The second-order valence-corrected chi connectivity index (χ2v) is 6.09. The van der Waals surface area contributed by atoms with E-state index in [0.717, 1.165) is 17.2 Å². The standard InChI is InChI=1S/C13H27BrN2/c1-4-5-12(8-14)9-16(3)11-13-6-7-15(2)10-13/h12-13H,4-11H2,1-3H3. The van der Waals surface area contributed by atoms with Crippen LogP contribution >= 0.6 is 15.9 Å². The first-order chi connectivity index (χ1) is 7.65. The van der Waals surface area contributed by atoms with E-state index in [9.17, 15) is 0 Å². The molecular formula is C13H27BrN2. The van der Waals surface area contributed by atoms with Gasteiger partial charge in [-0.05, 0) is 45.3 Å². The van der Waals surface area contributed by atoms with E-state index in [4.69, 9.17) is 0 Å². The van der Waals surface area contributed by atoms with E-state index in [1.54, 1.807) is 0 Å². The van der Waals surface area contributed by atoms with E-state index in [1.165, 1.54) is 45.4 Å². The predicted molar refractivity (Wildman–Crippen MR) is 75.3 cm³/mol. The van der Waals surface area contributed by atoms with Crippen LogP contribution in [0.25, 0.3) is 0 Å². The number of rotatable bonds is 7. The first kappa shape index (κ1) is 14.5. The van der Waals surface area contributed by atoms with Crippen LogP contribution in [0.4, 0.5) is 0 Å². The fourth-order valence-corrected chi connectivity index (χ4v) is 3.29. The van der Waals surface area contributed by atoms with Crippen LogP contribution in [0.15, 0.2) is 0 Å². The highest BCUT2D eigenvalue weighted by Gasteiger charge is 2.21. The molecule has 0 spiro atoms. The quantitative estimate of drug-likeness (QED) is 0.665. The Bertz CT molecular complexity index is 181. The summed E-state index contributed by atoms with van der Waals surface area (Å²) in [5.41, 5.74) is 0. The molecule has 2 unspecified atom stereocenters. The third-order valence-electron chi connectivity index (χ3n) is 3.54. The third kappa shape index (κ3) is 5.15. The van der Waals surface area contributed by atoms with Crippen molar-refractivity contribution < 1.29 is 0 Å². The summed E-state index contributed by atoms with van der Waals surface area (Å²) in [5, 5.41) is 1.15. The predicted octanol–water partition coefficient (Wildman–Crippen LogP) is 2.68. The lowest BCUT2D eigenvalue weighted by atomic mass is 10.0. The summed E-state index contributed by atoms with van der Waals surface area (Å²) in [6.07, 6.45) is 4.03. The molecule has 3 heteroatoms. The van der Waals surface area contributed by atoms with Gasteiger partial charge >= 0.3 is 0 Å². The van der Waals surface area contributed by atoms with Gasteiger partial charge in [-0.1, -0.05) is 29.3 Å². The van der Waals surface area contributed by atoms with E-state index in [0.29, 0.717) is 0 Å². The van der Waals surface area contributed by atoms with Crippen molar-refractivity contribution in [2.75, 3.05) is 45.6 Å². The smallest absolute Gasteiger partial charge is 0.00718 e.